The predicted molar refractivity (Wildman–Crippen MR) is 83.7 cm³/mol. The molecule has 2 aromatic rings. The van der Waals surface area contributed by atoms with Crippen LogP contribution in [0.5, 0.6) is 0 Å². The van der Waals surface area contributed by atoms with E-state index in [4.69, 9.17) is 0 Å². The molecule has 0 saturated heterocycles. The first-order valence-electron chi connectivity index (χ1n) is 7.54. The molecule has 0 saturated carbocycles. The molecule has 0 unspecified atom stereocenters. The molecule has 8 heteroatoms. The SMILES string of the molecule is O=C1CCCc2[nH]c(=O)c(C(=O)Nc3cccc(C(F)(F)F)c3)cc21. The summed E-state index contributed by atoms with van der Waals surface area (Å²) >= 11 is 0. The largest absolute Gasteiger partial charge is 0.416 e. The number of pyridine rings is 1. The summed E-state index contributed by atoms with van der Waals surface area (Å²) in [6.45, 7) is 0. The molecule has 1 aromatic heterocycles. The summed E-state index contributed by atoms with van der Waals surface area (Å²) in [5.74, 6) is -1.05. The highest BCUT2D eigenvalue weighted by Gasteiger charge is 2.30. The molecule has 1 aliphatic carbocycles. The van der Waals surface area contributed by atoms with Crippen LogP contribution in [0.15, 0.2) is 35.1 Å². The molecule has 130 valence electrons. The molecule has 5 nitrogen and oxygen atoms in total. The van der Waals surface area contributed by atoms with Gasteiger partial charge in [0.1, 0.15) is 5.56 Å². The van der Waals surface area contributed by atoms with Gasteiger partial charge >= 0.3 is 6.18 Å². The Morgan fingerprint density at radius 1 is 1.12 bits per heavy atom. The van der Waals surface area contributed by atoms with E-state index in [1.54, 1.807) is 0 Å². The highest BCUT2D eigenvalue weighted by Crippen LogP contribution is 2.30. The van der Waals surface area contributed by atoms with Gasteiger partial charge in [-0.05, 0) is 37.1 Å². The van der Waals surface area contributed by atoms with E-state index >= 15 is 0 Å². The van der Waals surface area contributed by atoms with Crippen molar-refractivity contribution in [3.63, 3.8) is 0 Å². The van der Waals surface area contributed by atoms with Gasteiger partial charge in [-0.3, -0.25) is 14.4 Å². The summed E-state index contributed by atoms with van der Waals surface area (Å²) in [5, 5.41) is 2.26. The number of nitrogens with one attached hydrogen (secondary N) is 2. The number of carbonyl (C=O) groups is 2. The smallest absolute Gasteiger partial charge is 0.325 e. The van der Waals surface area contributed by atoms with Crippen molar-refractivity contribution in [2.45, 2.75) is 25.4 Å². The zero-order valence-corrected chi connectivity index (χ0v) is 12.9. The molecule has 0 atom stereocenters. The van der Waals surface area contributed by atoms with Gasteiger partial charge in [-0.25, -0.2) is 0 Å². The molecule has 2 N–H and O–H groups in total. The minimum Gasteiger partial charge on any atom is -0.325 e. The van der Waals surface area contributed by atoms with Gasteiger partial charge < -0.3 is 10.3 Å². The number of halogens is 3. The van der Waals surface area contributed by atoms with E-state index in [1.807, 2.05) is 0 Å². The van der Waals surface area contributed by atoms with Gasteiger partial charge in [0.05, 0.1) is 5.56 Å². The molecule has 0 spiro atoms. The summed E-state index contributed by atoms with van der Waals surface area (Å²) in [4.78, 5) is 38.7. The number of ketones is 1. The first-order valence-corrected chi connectivity index (χ1v) is 7.54. The zero-order chi connectivity index (χ0) is 18.2. The lowest BCUT2D eigenvalue weighted by atomic mass is 9.93. The molecule has 1 aliphatic rings. The highest BCUT2D eigenvalue weighted by molar-refractivity contribution is 6.06. The first kappa shape index (κ1) is 16.9. The number of benzene rings is 1. The Morgan fingerprint density at radius 2 is 1.88 bits per heavy atom. The maximum Gasteiger partial charge on any atom is 0.416 e. The normalized spacial score (nSPS) is 14.1. The average Bonchev–Trinajstić information content (AvgIpc) is 2.54. The van der Waals surface area contributed by atoms with Crippen molar-refractivity contribution in [2.75, 3.05) is 5.32 Å². The van der Waals surface area contributed by atoms with Crippen molar-refractivity contribution in [3.8, 4) is 0 Å². The maximum absolute atomic E-state index is 12.7. The fraction of sp³-hybridized carbons (Fsp3) is 0.235. The second-order valence-corrected chi connectivity index (χ2v) is 5.71. The van der Waals surface area contributed by atoms with Crippen molar-refractivity contribution < 1.29 is 22.8 Å². The topological polar surface area (TPSA) is 79.0 Å². The minimum atomic E-state index is -4.55. The number of aromatic amines is 1. The van der Waals surface area contributed by atoms with Gasteiger partial charge in [0.15, 0.2) is 5.78 Å². The third-order valence-corrected chi connectivity index (χ3v) is 3.95. The molecule has 0 fully saturated rings. The summed E-state index contributed by atoms with van der Waals surface area (Å²) in [6.07, 6.45) is -3.06. The molecule has 0 aliphatic heterocycles. The Labute approximate surface area is 139 Å². The Balaban J connectivity index is 1.91. The van der Waals surface area contributed by atoms with Crippen LogP contribution < -0.4 is 10.9 Å². The number of alkyl halides is 3. The van der Waals surface area contributed by atoms with E-state index in [2.05, 4.69) is 10.3 Å². The van der Waals surface area contributed by atoms with Gasteiger partial charge in [-0.1, -0.05) is 6.07 Å². The summed E-state index contributed by atoms with van der Waals surface area (Å²) in [5.41, 5.74) is -1.25. The molecule has 1 aromatic carbocycles. The van der Waals surface area contributed by atoms with Crippen molar-refractivity contribution in [1.29, 1.82) is 0 Å². The lowest BCUT2D eigenvalue weighted by Gasteiger charge is -2.15. The second-order valence-electron chi connectivity index (χ2n) is 5.71. The molecule has 1 heterocycles. The Kier molecular flexibility index (Phi) is 4.20. The molecule has 0 radical (unpaired) electrons. The van der Waals surface area contributed by atoms with Gasteiger partial charge in [0.25, 0.3) is 11.5 Å². The van der Waals surface area contributed by atoms with E-state index in [1.165, 1.54) is 12.1 Å². The molecule has 3 rings (SSSR count). The molecule has 0 bridgehead atoms. The number of H-pyrrole nitrogens is 1. The predicted octanol–water partition coefficient (Wildman–Crippen LogP) is 3.17. The number of carbonyl (C=O) groups excluding carboxylic acids is 2. The molecular formula is C17H13F3N2O3. The van der Waals surface area contributed by atoms with E-state index < -0.39 is 23.2 Å². The van der Waals surface area contributed by atoms with Crippen LogP contribution in [-0.2, 0) is 12.6 Å². The number of amides is 1. The molecule has 1 amide bonds. The average molecular weight is 350 g/mol. The maximum atomic E-state index is 12.7. The van der Waals surface area contributed by atoms with Crippen LogP contribution in [0, 0.1) is 0 Å². The van der Waals surface area contributed by atoms with Crippen molar-refractivity contribution >= 4 is 17.4 Å². The van der Waals surface area contributed by atoms with Crippen LogP contribution in [0.4, 0.5) is 18.9 Å². The van der Waals surface area contributed by atoms with Crippen molar-refractivity contribution in [2.24, 2.45) is 0 Å². The van der Waals surface area contributed by atoms with Crippen molar-refractivity contribution in [1.82, 2.24) is 4.98 Å². The van der Waals surface area contributed by atoms with Gasteiger partial charge in [0.2, 0.25) is 0 Å². The quantitative estimate of drug-likeness (QED) is 0.873. The second kappa shape index (κ2) is 6.19. The van der Waals surface area contributed by atoms with Gasteiger partial charge in [-0.2, -0.15) is 13.2 Å². The summed E-state index contributed by atoms with van der Waals surface area (Å²) in [6, 6.07) is 5.29. The summed E-state index contributed by atoms with van der Waals surface area (Å²) < 4.78 is 38.2. The number of hydrogen-bond acceptors (Lipinski definition) is 3. The lowest BCUT2D eigenvalue weighted by Crippen LogP contribution is -2.27. The zero-order valence-electron chi connectivity index (χ0n) is 12.9. The Bertz CT molecular complexity index is 916. The van der Waals surface area contributed by atoms with Crippen LogP contribution in [0.1, 0.15) is 44.8 Å². The number of anilines is 1. The van der Waals surface area contributed by atoms with E-state index in [0.29, 0.717) is 25.0 Å². The fourth-order valence-corrected chi connectivity index (χ4v) is 2.72. The number of fused-ring (bicyclic) bond motifs is 1. The number of Topliss-reactive ketones (excluding diaryl/α,β-unsaturated/α-hetero) is 1. The van der Waals surface area contributed by atoms with Gasteiger partial charge in [-0.15, -0.1) is 0 Å². The highest BCUT2D eigenvalue weighted by atomic mass is 19.4. The van der Waals surface area contributed by atoms with E-state index in [0.717, 1.165) is 18.2 Å². The van der Waals surface area contributed by atoms with Crippen molar-refractivity contribution in [3.05, 3.63) is 63.1 Å². The standard InChI is InChI=1S/C17H13F3N2O3/c18-17(19,20)9-3-1-4-10(7-9)21-15(24)12-8-11-13(22-16(12)25)5-2-6-14(11)23/h1,3-4,7-8H,2,5-6H2,(H,21,24)(H,22,25). The lowest BCUT2D eigenvalue weighted by molar-refractivity contribution is -0.137. The number of hydrogen-bond donors (Lipinski definition) is 2. The molecular weight excluding hydrogens is 337 g/mol. The summed E-state index contributed by atoms with van der Waals surface area (Å²) in [7, 11) is 0. The van der Waals surface area contributed by atoms with Crippen LogP contribution in [0.25, 0.3) is 0 Å². The fourth-order valence-electron chi connectivity index (χ4n) is 2.72. The Morgan fingerprint density at radius 3 is 2.60 bits per heavy atom. The van der Waals surface area contributed by atoms with Gasteiger partial charge in [0, 0.05) is 23.4 Å². The van der Waals surface area contributed by atoms with Crippen LogP contribution in [0.3, 0.4) is 0 Å². The molecule has 25 heavy (non-hydrogen) atoms. The first-order chi connectivity index (χ1) is 11.8. The van der Waals surface area contributed by atoms with E-state index in [-0.39, 0.29) is 22.6 Å². The van der Waals surface area contributed by atoms with Crippen LogP contribution in [0.2, 0.25) is 0 Å². The Hall–Kier alpha value is -2.90. The van der Waals surface area contributed by atoms with Crippen LogP contribution in [-0.4, -0.2) is 16.7 Å². The third-order valence-electron chi connectivity index (χ3n) is 3.95. The third kappa shape index (κ3) is 3.47. The number of aromatic nitrogens is 1. The number of rotatable bonds is 2. The van der Waals surface area contributed by atoms with E-state index in [9.17, 15) is 27.6 Å². The monoisotopic (exact) mass is 350 g/mol. The number of aryl methyl sites for hydroxylation is 1. The minimum absolute atomic E-state index is 0.0942. The van der Waals surface area contributed by atoms with Crippen LogP contribution >= 0.6 is 0 Å².